The summed E-state index contributed by atoms with van der Waals surface area (Å²) in [5.74, 6) is 0.256. The van der Waals surface area contributed by atoms with Gasteiger partial charge >= 0.3 is 6.18 Å². The quantitative estimate of drug-likeness (QED) is 0.226. The van der Waals surface area contributed by atoms with Gasteiger partial charge in [-0.1, -0.05) is 29.8 Å². The Balaban J connectivity index is 1.69. The Hall–Kier alpha value is -3.44. The Morgan fingerprint density at radius 2 is 1.84 bits per heavy atom. The molecule has 0 radical (unpaired) electrons. The van der Waals surface area contributed by atoms with Crippen LogP contribution in [0.3, 0.4) is 0 Å². The Morgan fingerprint density at radius 1 is 1.06 bits per heavy atom. The Morgan fingerprint density at radius 3 is 2.59 bits per heavy atom. The fourth-order valence-corrected chi connectivity index (χ4v) is 3.60. The summed E-state index contributed by atoms with van der Waals surface area (Å²) in [5, 5.41) is 16.3. The summed E-state index contributed by atoms with van der Waals surface area (Å²) < 4.78 is 45.0. The maximum atomic E-state index is 13.1. The number of nitrogens with zero attached hydrogens (tertiary/aromatic N) is 4. The molecular weight excluding hydrogens is 465 g/mol. The lowest BCUT2D eigenvalue weighted by molar-refractivity contribution is -0.137. The number of rotatable bonds is 5. The molecule has 4 aromatic rings. The minimum absolute atomic E-state index is 0.0343. The third-order valence-corrected chi connectivity index (χ3v) is 5.09. The lowest BCUT2D eigenvalue weighted by atomic mass is 10.1. The molecule has 0 bridgehead atoms. The fourth-order valence-electron chi connectivity index (χ4n) is 2.71. The highest BCUT2D eigenvalue weighted by atomic mass is 35.5. The molecule has 2 aromatic carbocycles. The lowest BCUT2D eigenvalue weighted by Gasteiger charge is -2.09. The molecule has 0 unspecified atom stereocenters. The molecule has 0 aliphatic rings. The number of halogens is 4. The van der Waals surface area contributed by atoms with E-state index in [1.165, 1.54) is 18.2 Å². The first-order valence-electron chi connectivity index (χ1n) is 8.91. The summed E-state index contributed by atoms with van der Waals surface area (Å²) in [6, 6.07) is 13.2. The van der Waals surface area contributed by atoms with Crippen LogP contribution < -0.4 is 5.62 Å². The van der Waals surface area contributed by atoms with Crippen molar-refractivity contribution >= 4 is 29.7 Å². The average molecular weight is 477 g/mol. The summed E-state index contributed by atoms with van der Waals surface area (Å²) in [5.41, 5.74) is 0.342. The van der Waals surface area contributed by atoms with Crippen molar-refractivity contribution in [2.75, 3.05) is 0 Å². The van der Waals surface area contributed by atoms with E-state index < -0.39 is 11.7 Å². The van der Waals surface area contributed by atoms with Crippen molar-refractivity contribution < 1.29 is 17.6 Å². The van der Waals surface area contributed by atoms with Crippen LogP contribution in [0.25, 0.3) is 22.7 Å². The maximum Gasteiger partial charge on any atom is 0.416 e. The molecule has 0 saturated heterocycles. The number of H-pyrrole nitrogens is 1. The monoisotopic (exact) mass is 476 g/mol. The number of benzene rings is 2. The molecule has 12 heteroatoms. The number of aromatic nitrogens is 4. The van der Waals surface area contributed by atoms with Crippen LogP contribution in [0.1, 0.15) is 5.56 Å². The van der Waals surface area contributed by atoms with Crippen LogP contribution in [0.5, 0.6) is 0 Å². The summed E-state index contributed by atoms with van der Waals surface area (Å²) >= 11 is 7.03. The van der Waals surface area contributed by atoms with E-state index >= 15 is 0 Å². The number of hydrogen-bond acceptors (Lipinski definition) is 6. The van der Waals surface area contributed by atoms with Crippen LogP contribution in [0.2, 0.25) is 5.02 Å². The van der Waals surface area contributed by atoms with Gasteiger partial charge in [-0.2, -0.15) is 13.2 Å². The van der Waals surface area contributed by atoms with Gasteiger partial charge < -0.3 is 9.40 Å². The molecule has 2 heterocycles. The number of hydrogen-bond donors (Lipinski definition) is 2. The molecular formula is C20H12ClF3N6OS. The minimum atomic E-state index is -4.49. The average Bonchev–Trinajstić information content (AvgIpc) is 3.22. The first-order chi connectivity index (χ1) is 15.3. The molecule has 0 atom stereocenters. The van der Waals surface area contributed by atoms with Gasteiger partial charge in [-0.05, 0) is 48.2 Å². The van der Waals surface area contributed by atoms with Crippen LogP contribution in [-0.4, -0.2) is 26.5 Å². The van der Waals surface area contributed by atoms with Gasteiger partial charge in [-0.25, -0.2) is 9.98 Å². The molecule has 2 aromatic heterocycles. The maximum absolute atomic E-state index is 13.1. The molecule has 7 nitrogen and oxygen atoms in total. The van der Waals surface area contributed by atoms with Gasteiger partial charge in [0, 0.05) is 16.1 Å². The van der Waals surface area contributed by atoms with Gasteiger partial charge in [0.2, 0.25) is 11.5 Å². The molecule has 0 aliphatic carbocycles. The van der Waals surface area contributed by atoms with Crippen LogP contribution in [0, 0.1) is 5.41 Å². The predicted molar refractivity (Wildman–Crippen MR) is 112 cm³/mol. The second kappa shape index (κ2) is 8.97. The van der Waals surface area contributed by atoms with Crippen molar-refractivity contribution in [2.24, 2.45) is 4.99 Å². The normalized spacial score (nSPS) is 12.2. The van der Waals surface area contributed by atoms with Gasteiger partial charge in [0.25, 0.3) is 5.22 Å². The molecule has 0 fully saturated rings. The third-order valence-electron chi connectivity index (χ3n) is 4.08. The second-order valence-corrected chi connectivity index (χ2v) is 7.71. The van der Waals surface area contributed by atoms with Crippen LogP contribution in [-0.2, 0) is 6.18 Å². The van der Waals surface area contributed by atoms with Crippen molar-refractivity contribution in [1.29, 1.82) is 5.41 Å². The van der Waals surface area contributed by atoms with Crippen LogP contribution in [0.15, 0.2) is 74.3 Å². The molecule has 0 spiro atoms. The number of alkyl halides is 3. The van der Waals surface area contributed by atoms with Crippen molar-refractivity contribution in [3.05, 3.63) is 70.8 Å². The molecule has 0 aliphatic heterocycles. The summed E-state index contributed by atoms with van der Waals surface area (Å²) in [7, 11) is 0. The first kappa shape index (κ1) is 21.8. The fraction of sp³-hybridized carbons (Fsp3) is 0.0500. The van der Waals surface area contributed by atoms with E-state index in [1.807, 2.05) is 0 Å². The highest BCUT2D eigenvalue weighted by Crippen LogP contribution is 2.33. The zero-order chi connectivity index (χ0) is 22.7. The molecule has 4 rings (SSSR count). The van der Waals surface area contributed by atoms with Crippen molar-refractivity contribution in [3.63, 3.8) is 0 Å². The largest absolute Gasteiger partial charge is 0.416 e. The standard InChI is InChI=1S/C20H12ClF3N6OS/c21-14-6-2-4-12(8-14)17-29-30-19(31-17)32-16-9-15(27-18(28-16)26-10-25)11-3-1-5-13(7-11)20(22,23)24/h1-10H,(H2,25,26,27,28). The zero-order valence-corrected chi connectivity index (χ0v) is 17.5. The summed E-state index contributed by atoms with van der Waals surface area (Å²) in [6.07, 6.45) is -3.72. The number of aromatic amines is 1. The van der Waals surface area contributed by atoms with Crippen molar-refractivity contribution in [2.45, 2.75) is 16.4 Å². The minimum Gasteiger partial charge on any atom is -0.411 e. The van der Waals surface area contributed by atoms with E-state index in [4.69, 9.17) is 21.4 Å². The molecule has 162 valence electrons. The van der Waals surface area contributed by atoms with E-state index in [-0.39, 0.29) is 28.0 Å². The smallest absolute Gasteiger partial charge is 0.411 e. The summed E-state index contributed by atoms with van der Waals surface area (Å²) in [6.45, 7) is 0. The molecule has 32 heavy (non-hydrogen) atoms. The first-order valence-corrected chi connectivity index (χ1v) is 10.1. The van der Waals surface area contributed by atoms with Crippen molar-refractivity contribution in [3.8, 4) is 22.7 Å². The van der Waals surface area contributed by atoms with E-state index in [9.17, 15) is 13.2 Å². The Labute approximate surface area is 187 Å². The molecule has 2 N–H and O–H groups in total. The van der Waals surface area contributed by atoms with Crippen LogP contribution >= 0.6 is 23.4 Å². The van der Waals surface area contributed by atoms with E-state index in [1.54, 1.807) is 24.3 Å². The molecule has 0 amide bonds. The molecule has 0 saturated carbocycles. The van der Waals surface area contributed by atoms with Gasteiger partial charge in [-0.3, -0.25) is 5.41 Å². The van der Waals surface area contributed by atoms with E-state index in [2.05, 4.69) is 25.2 Å². The Kier molecular flexibility index (Phi) is 6.10. The zero-order valence-electron chi connectivity index (χ0n) is 15.9. The van der Waals surface area contributed by atoms with Gasteiger partial charge in [-0.15, -0.1) is 10.2 Å². The highest BCUT2D eigenvalue weighted by Gasteiger charge is 2.30. The number of nitrogens with one attached hydrogen (secondary N) is 2. The van der Waals surface area contributed by atoms with E-state index in [0.29, 0.717) is 15.6 Å². The second-order valence-electron chi connectivity index (χ2n) is 6.28. The lowest BCUT2D eigenvalue weighted by Crippen LogP contribution is -2.14. The topological polar surface area (TPSA) is 104 Å². The Bertz CT molecular complexity index is 1350. The van der Waals surface area contributed by atoms with E-state index in [0.717, 1.165) is 30.2 Å². The highest BCUT2D eigenvalue weighted by molar-refractivity contribution is 7.99. The van der Waals surface area contributed by atoms with Crippen molar-refractivity contribution in [1.82, 2.24) is 20.2 Å². The van der Waals surface area contributed by atoms with Gasteiger partial charge in [0.05, 0.1) is 16.3 Å². The van der Waals surface area contributed by atoms with Gasteiger partial charge in [0.1, 0.15) is 6.34 Å². The van der Waals surface area contributed by atoms with Crippen LogP contribution in [0.4, 0.5) is 13.2 Å². The van der Waals surface area contributed by atoms with Gasteiger partial charge in [0.15, 0.2) is 0 Å². The predicted octanol–water partition coefficient (Wildman–Crippen LogP) is 5.46. The SMILES string of the molecule is N=C/N=c1/nc(-c2cccc(C(F)(F)F)c2)cc(Sc2nnc(-c3cccc(Cl)c3)o2)[nH]1. The summed E-state index contributed by atoms with van der Waals surface area (Å²) in [4.78, 5) is 10.8. The third kappa shape index (κ3) is 5.06.